The molecule has 0 spiro atoms. The number of hydrogen-bond donors (Lipinski definition) is 0. The molecule has 0 radical (unpaired) electrons. The summed E-state index contributed by atoms with van der Waals surface area (Å²) < 4.78 is 11.5. The Kier molecular flexibility index (Phi) is 4.38. The van der Waals surface area contributed by atoms with Crippen LogP contribution in [0.15, 0.2) is 34.9 Å². The highest BCUT2D eigenvalue weighted by molar-refractivity contribution is 6.30. The van der Waals surface area contributed by atoms with Gasteiger partial charge in [-0.05, 0) is 37.3 Å². The fraction of sp³-hybridized carbons (Fsp3) is 0.500. The Morgan fingerprint density at radius 2 is 2.17 bits per heavy atom. The van der Waals surface area contributed by atoms with Gasteiger partial charge in [-0.25, -0.2) is 4.98 Å². The van der Waals surface area contributed by atoms with Crippen LogP contribution >= 0.6 is 11.6 Å². The maximum Gasteiger partial charge on any atom is 0.209 e. The molecule has 5 heteroatoms. The number of nitrogens with zero attached hydrogens (tertiary/aromatic N) is 2. The molecule has 0 N–H and O–H groups in total. The Hall–Kier alpha value is -1.36. The van der Waals surface area contributed by atoms with E-state index in [-0.39, 0.29) is 0 Å². The van der Waals surface area contributed by atoms with Gasteiger partial charge in [-0.3, -0.25) is 4.90 Å². The number of hydrogen-bond acceptors (Lipinski definition) is 4. The average Bonchev–Trinajstić information content (AvgIpc) is 3.07. The number of rotatable bonds is 6. The minimum Gasteiger partial charge on any atom is -0.439 e. The van der Waals surface area contributed by atoms with E-state index in [1.807, 2.05) is 24.3 Å². The molecule has 1 aromatic heterocycles. The second-order valence-electron chi connectivity index (χ2n) is 6.52. The van der Waals surface area contributed by atoms with Crippen LogP contribution < -0.4 is 0 Å². The van der Waals surface area contributed by atoms with Crippen molar-refractivity contribution in [2.45, 2.75) is 31.8 Å². The largest absolute Gasteiger partial charge is 0.439 e. The molecular weight excluding hydrogens is 312 g/mol. The first-order valence-electron chi connectivity index (χ1n) is 8.30. The van der Waals surface area contributed by atoms with Crippen LogP contribution in [0.25, 0.3) is 11.3 Å². The minimum atomic E-state index is 0.651. The maximum atomic E-state index is 6.05. The van der Waals surface area contributed by atoms with Crippen LogP contribution in [0, 0.1) is 5.92 Å². The van der Waals surface area contributed by atoms with Crippen molar-refractivity contribution in [3.8, 4) is 11.3 Å². The normalized spacial score (nSPS) is 21.2. The second kappa shape index (κ2) is 6.63. The molecule has 1 unspecified atom stereocenters. The van der Waals surface area contributed by atoms with Crippen LogP contribution in [-0.4, -0.2) is 35.7 Å². The highest BCUT2D eigenvalue weighted by Crippen LogP contribution is 2.31. The third-order valence-corrected chi connectivity index (χ3v) is 4.82. The average molecular weight is 333 g/mol. The lowest BCUT2D eigenvalue weighted by molar-refractivity contribution is 0.156. The van der Waals surface area contributed by atoms with Crippen LogP contribution in [0.2, 0.25) is 5.02 Å². The number of benzene rings is 1. The van der Waals surface area contributed by atoms with Gasteiger partial charge in [0.25, 0.3) is 0 Å². The quantitative estimate of drug-likeness (QED) is 0.801. The molecule has 1 aliphatic carbocycles. The molecule has 0 bridgehead atoms. The topological polar surface area (TPSA) is 38.5 Å². The summed E-state index contributed by atoms with van der Waals surface area (Å²) in [6.45, 7) is 3.66. The van der Waals surface area contributed by atoms with Crippen molar-refractivity contribution < 1.29 is 9.15 Å². The molecule has 1 saturated heterocycles. The Bertz CT molecular complexity index is 663. The van der Waals surface area contributed by atoms with Crippen molar-refractivity contribution in [2.24, 2.45) is 5.92 Å². The zero-order valence-electron chi connectivity index (χ0n) is 13.1. The third kappa shape index (κ3) is 3.77. The molecule has 2 fully saturated rings. The van der Waals surface area contributed by atoms with Gasteiger partial charge in [0.15, 0.2) is 5.76 Å². The van der Waals surface area contributed by atoms with Gasteiger partial charge in [-0.2, -0.15) is 0 Å². The Morgan fingerprint density at radius 3 is 2.91 bits per heavy atom. The lowest BCUT2D eigenvalue weighted by atomic mass is 10.1. The lowest BCUT2D eigenvalue weighted by Gasteiger charge is -2.23. The van der Waals surface area contributed by atoms with Gasteiger partial charge in [0, 0.05) is 29.8 Å². The molecule has 2 aromatic rings. The second-order valence-corrected chi connectivity index (χ2v) is 6.96. The third-order valence-electron chi connectivity index (χ3n) is 4.58. The van der Waals surface area contributed by atoms with E-state index < -0.39 is 0 Å². The maximum absolute atomic E-state index is 6.05. The van der Waals surface area contributed by atoms with Gasteiger partial charge < -0.3 is 9.15 Å². The number of aromatic nitrogens is 1. The van der Waals surface area contributed by atoms with E-state index in [0.717, 1.165) is 43.5 Å². The molecule has 1 saturated carbocycles. The predicted octanol–water partition coefficient (Wildman–Crippen LogP) is 4.00. The van der Waals surface area contributed by atoms with Crippen molar-refractivity contribution >= 4 is 11.6 Å². The molecule has 1 aliphatic heterocycles. The standard InChI is InChI=1S/C18H21ClN2O2/c19-15-3-1-2-14(8-15)17-9-20-18(23-17)11-21(16-4-5-16)10-13-6-7-22-12-13/h1-3,8-9,13,16H,4-7,10-12H2. The first kappa shape index (κ1) is 15.2. The summed E-state index contributed by atoms with van der Waals surface area (Å²) >= 11 is 6.05. The molecule has 0 amide bonds. The van der Waals surface area contributed by atoms with Crippen LogP contribution in [0.4, 0.5) is 0 Å². The number of oxazole rings is 1. The summed E-state index contributed by atoms with van der Waals surface area (Å²) in [5, 5.41) is 0.710. The van der Waals surface area contributed by atoms with Crippen molar-refractivity contribution in [3.63, 3.8) is 0 Å². The van der Waals surface area contributed by atoms with Crippen molar-refractivity contribution in [1.82, 2.24) is 9.88 Å². The summed E-state index contributed by atoms with van der Waals surface area (Å²) in [5.74, 6) is 2.21. The molecule has 4 rings (SSSR count). The van der Waals surface area contributed by atoms with E-state index >= 15 is 0 Å². The van der Waals surface area contributed by atoms with Crippen LogP contribution in [-0.2, 0) is 11.3 Å². The lowest BCUT2D eigenvalue weighted by Crippen LogP contribution is -2.31. The van der Waals surface area contributed by atoms with E-state index in [0.29, 0.717) is 17.0 Å². The zero-order chi connectivity index (χ0) is 15.6. The fourth-order valence-corrected chi connectivity index (χ4v) is 3.36. The minimum absolute atomic E-state index is 0.651. The first-order valence-corrected chi connectivity index (χ1v) is 8.68. The molecule has 2 heterocycles. The van der Waals surface area contributed by atoms with E-state index in [4.69, 9.17) is 20.8 Å². The van der Waals surface area contributed by atoms with Gasteiger partial charge >= 0.3 is 0 Å². The number of ether oxygens (including phenoxy) is 1. The Morgan fingerprint density at radius 1 is 1.26 bits per heavy atom. The molecule has 4 nitrogen and oxygen atoms in total. The summed E-state index contributed by atoms with van der Waals surface area (Å²) in [7, 11) is 0. The zero-order valence-corrected chi connectivity index (χ0v) is 13.8. The van der Waals surface area contributed by atoms with Gasteiger partial charge in [0.05, 0.1) is 19.3 Å². The van der Waals surface area contributed by atoms with Gasteiger partial charge in [0.2, 0.25) is 5.89 Å². The van der Waals surface area contributed by atoms with Crippen LogP contribution in [0.5, 0.6) is 0 Å². The summed E-state index contributed by atoms with van der Waals surface area (Å²) in [6.07, 6.45) is 5.54. The smallest absolute Gasteiger partial charge is 0.209 e. The van der Waals surface area contributed by atoms with E-state index in [1.54, 1.807) is 6.20 Å². The highest BCUT2D eigenvalue weighted by atomic mass is 35.5. The van der Waals surface area contributed by atoms with E-state index in [1.165, 1.54) is 19.3 Å². The molecule has 23 heavy (non-hydrogen) atoms. The van der Waals surface area contributed by atoms with Gasteiger partial charge in [-0.15, -0.1) is 0 Å². The van der Waals surface area contributed by atoms with Crippen LogP contribution in [0.1, 0.15) is 25.2 Å². The van der Waals surface area contributed by atoms with Crippen molar-refractivity contribution in [1.29, 1.82) is 0 Å². The fourth-order valence-electron chi connectivity index (χ4n) is 3.17. The number of halogens is 1. The van der Waals surface area contributed by atoms with Gasteiger partial charge in [-0.1, -0.05) is 23.7 Å². The molecule has 1 aromatic carbocycles. The summed E-state index contributed by atoms with van der Waals surface area (Å²) in [6, 6.07) is 8.37. The molecular formula is C18H21ClN2O2. The predicted molar refractivity (Wildman–Crippen MR) is 89.3 cm³/mol. The van der Waals surface area contributed by atoms with E-state index in [9.17, 15) is 0 Å². The van der Waals surface area contributed by atoms with Crippen LogP contribution in [0.3, 0.4) is 0 Å². The van der Waals surface area contributed by atoms with Crippen molar-refractivity contribution in [2.75, 3.05) is 19.8 Å². The monoisotopic (exact) mass is 332 g/mol. The Balaban J connectivity index is 1.45. The van der Waals surface area contributed by atoms with Crippen molar-refractivity contribution in [3.05, 3.63) is 41.4 Å². The van der Waals surface area contributed by atoms with E-state index in [2.05, 4.69) is 9.88 Å². The summed E-state index contributed by atoms with van der Waals surface area (Å²) in [4.78, 5) is 6.97. The SMILES string of the molecule is Clc1cccc(-c2cnc(CN(CC3CCOC3)C3CC3)o2)c1. The molecule has 2 aliphatic rings. The molecule has 122 valence electrons. The highest BCUT2D eigenvalue weighted by Gasteiger charge is 2.32. The first-order chi connectivity index (χ1) is 11.3. The molecule has 1 atom stereocenters. The Labute approximate surface area is 141 Å². The summed E-state index contributed by atoms with van der Waals surface area (Å²) in [5.41, 5.74) is 0.971. The van der Waals surface area contributed by atoms with Gasteiger partial charge in [0.1, 0.15) is 0 Å².